The molecule has 1 aromatic heterocycles. The van der Waals surface area contributed by atoms with Crippen LogP contribution >= 0.6 is 0 Å². The van der Waals surface area contributed by atoms with Crippen molar-refractivity contribution in [2.24, 2.45) is 5.73 Å². The van der Waals surface area contributed by atoms with Crippen LogP contribution in [0.4, 0.5) is 13.2 Å². The standard InChI is InChI=1S/C15H15F3N2O/c1-21-12-4-2-3-10(7-12)8-13(19)14-6-5-11(9-20-14)15(16,17)18/h2-7,9,13H,8,19H2,1H3. The summed E-state index contributed by atoms with van der Waals surface area (Å²) < 4.78 is 42.5. The molecule has 1 unspecified atom stereocenters. The summed E-state index contributed by atoms with van der Waals surface area (Å²) >= 11 is 0. The number of ether oxygens (including phenoxy) is 1. The zero-order valence-corrected chi connectivity index (χ0v) is 11.4. The second-order valence-electron chi connectivity index (χ2n) is 4.63. The Bertz CT molecular complexity index is 597. The van der Waals surface area contributed by atoms with Crippen LogP contribution in [0, 0.1) is 0 Å². The average Bonchev–Trinajstić information content (AvgIpc) is 2.46. The van der Waals surface area contributed by atoms with Crippen LogP contribution < -0.4 is 10.5 Å². The summed E-state index contributed by atoms with van der Waals surface area (Å²) in [4.78, 5) is 3.81. The molecular weight excluding hydrogens is 281 g/mol. The normalized spacial score (nSPS) is 13.0. The highest BCUT2D eigenvalue weighted by atomic mass is 19.4. The minimum atomic E-state index is -4.39. The molecule has 2 N–H and O–H groups in total. The maximum absolute atomic E-state index is 12.5. The van der Waals surface area contributed by atoms with Gasteiger partial charge in [0, 0.05) is 6.20 Å². The van der Waals surface area contributed by atoms with E-state index in [0.717, 1.165) is 17.8 Å². The number of hydrogen-bond acceptors (Lipinski definition) is 3. The molecule has 0 aliphatic heterocycles. The summed E-state index contributed by atoms with van der Waals surface area (Å²) in [5.41, 5.74) is 6.57. The van der Waals surface area contributed by atoms with E-state index in [1.165, 1.54) is 6.07 Å². The fourth-order valence-electron chi connectivity index (χ4n) is 1.95. The number of nitrogens with two attached hydrogens (primary N) is 1. The lowest BCUT2D eigenvalue weighted by Crippen LogP contribution is -2.16. The Morgan fingerprint density at radius 2 is 2.00 bits per heavy atom. The highest BCUT2D eigenvalue weighted by Gasteiger charge is 2.30. The van der Waals surface area contributed by atoms with Gasteiger partial charge >= 0.3 is 6.18 Å². The van der Waals surface area contributed by atoms with E-state index in [2.05, 4.69) is 4.98 Å². The molecule has 0 aliphatic rings. The van der Waals surface area contributed by atoms with Gasteiger partial charge in [-0.3, -0.25) is 4.98 Å². The van der Waals surface area contributed by atoms with Crippen molar-refractivity contribution in [2.75, 3.05) is 7.11 Å². The highest BCUT2D eigenvalue weighted by Crippen LogP contribution is 2.29. The maximum Gasteiger partial charge on any atom is 0.417 e. The number of pyridine rings is 1. The summed E-state index contributed by atoms with van der Waals surface area (Å²) in [7, 11) is 1.57. The van der Waals surface area contributed by atoms with E-state index in [9.17, 15) is 13.2 Å². The van der Waals surface area contributed by atoms with E-state index in [1.807, 2.05) is 24.3 Å². The fraction of sp³-hybridized carbons (Fsp3) is 0.267. The van der Waals surface area contributed by atoms with Gasteiger partial charge in [0.25, 0.3) is 0 Å². The van der Waals surface area contributed by atoms with Crippen molar-refractivity contribution in [3.05, 3.63) is 59.4 Å². The first-order valence-electron chi connectivity index (χ1n) is 6.32. The molecule has 0 aliphatic carbocycles. The van der Waals surface area contributed by atoms with E-state index >= 15 is 0 Å². The second-order valence-corrected chi connectivity index (χ2v) is 4.63. The van der Waals surface area contributed by atoms with E-state index in [1.54, 1.807) is 7.11 Å². The monoisotopic (exact) mass is 296 g/mol. The van der Waals surface area contributed by atoms with E-state index in [4.69, 9.17) is 10.5 Å². The number of rotatable bonds is 4. The summed E-state index contributed by atoms with van der Waals surface area (Å²) in [6, 6.07) is 9.20. The summed E-state index contributed by atoms with van der Waals surface area (Å²) in [6.45, 7) is 0. The number of methoxy groups -OCH3 is 1. The predicted molar refractivity (Wildman–Crippen MR) is 72.9 cm³/mol. The molecule has 2 rings (SSSR count). The molecule has 0 saturated carbocycles. The Balaban J connectivity index is 2.11. The van der Waals surface area contributed by atoms with Gasteiger partial charge in [-0.05, 0) is 36.2 Å². The zero-order chi connectivity index (χ0) is 15.5. The second kappa shape index (κ2) is 6.13. The highest BCUT2D eigenvalue weighted by molar-refractivity contribution is 5.30. The molecule has 112 valence electrons. The van der Waals surface area contributed by atoms with Gasteiger partial charge < -0.3 is 10.5 Å². The Morgan fingerprint density at radius 3 is 2.57 bits per heavy atom. The lowest BCUT2D eigenvalue weighted by molar-refractivity contribution is -0.137. The molecule has 0 saturated heterocycles. The van der Waals surface area contributed by atoms with E-state index in [0.29, 0.717) is 17.9 Å². The van der Waals surface area contributed by atoms with Crippen LogP contribution in [0.15, 0.2) is 42.6 Å². The Morgan fingerprint density at radius 1 is 1.24 bits per heavy atom. The SMILES string of the molecule is COc1cccc(CC(N)c2ccc(C(F)(F)F)cn2)c1. The molecule has 0 spiro atoms. The van der Waals surface area contributed by atoms with E-state index in [-0.39, 0.29) is 0 Å². The van der Waals surface area contributed by atoms with Crippen molar-refractivity contribution in [3.63, 3.8) is 0 Å². The first-order valence-corrected chi connectivity index (χ1v) is 6.32. The summed E-state index contributed by atoms with van der Waals surface area (Å²) in [5, 5.41) is 0. The lowest BCUT2D eigenvalue weighted by Gasteiger charge is -2.13. The number of hydrogen-bond donors (Lipinski definition) is 1. The van der Waals surface area contributed by atoms with Gasteiger partial charge in [0.15, 0.2) is 0 Å². The minimum Gasteiger partial charge on any atom is -0.497 e. The molecule has 0 amide bonds. The van der Waals surface area contributed by atoms with Crippen molar-refractivity contribution in [2.45, 2.75) is 18.6 Å². The molecular formula is C15H15F3N2O. The molecule has 2 aromatic rings. The van der Waals surface area contributed by atoms with Crippen molar-refractivity contribution in [3.8, 4) is 5.75 Å². The van der Waals surface area contributed by atoms with Gasteiger partial charge in [-0.2, -0.15) is 13.2 Å². The van der Waals surface area contributed by atoms with Crippen LogP contribution in [0.25, 0.3) is 0 Å². The molecule has 3 nitrogen and oxygen atoms in total. The van der Waals surface area contributed by atoms with Gasteiger partial charge in [0.2, 0.25) is 0 Å². The van der Waals surface area contributed by atoms with Crippen LogP contribution in [0.5, 0.6) is 5.75 Å². The van der Waals surface area contributed by atoms with Crippen molar-refractivity contribution < 1.29 is 17.9 Å². The van der Waals surface area contributed by atoms with Crippen LogP contribution in [0.3, 0.4) is 0 Å². The largest absolute Gasteiger partial charge is 0.497 e. The van der Waals surface area contributed by atoms with Gasteiger partial charge in [0.1, 0.15) is 5.75 Å². The zero-order valence-electron chi connectivity index (χ0n) is 11.4. The molecule has 1 heterocycles. The topological polar surface area (TPSA) is 48.1 Å². The van der Waals surface area contributed by atoms with Crippen LogP contribution in [-0.4, -0.2) is 12.1 Å². The third-order valence-corrected chi connectivity index (χ3v) is 3.08. The van der Waals surface area contributed by atoms with Crippen molar-refractivity contribution in [1.82, 2.24) is 4.98 Å². The Labute approximate surface area is 120 Å². The number of alkyl halides is 3. The van der Waals surface area contributed by atoms with Crippen LogP contribution in [-0.2, 0) is 12.6 Å². The lowest BCUT2D eigenvalue weighted by atomic mass is 10.0. The van der Waals surface area contributed by atoms with Gasteiger partial charge in [-0.15, -0.1) is 0 Å². The Hall–Kier alpha value is -2.08. The van der Waals surface area contributed by atoms with Gasteiger partial charge in [0.05, 0.1) is 24.4 Å². The van der Waals surface area contributed by atoms with Crippen LogP contribution in [0.2, 0.25) is 0 Å². The molecule has 0 radical (unpaired) electrons. The fourth-order valence-corrected chi connectivity index (χ4v) is 1.95. The van der Waals surface area contributed by atoms with Crippen molar-refractivity contribution in [1.29, 1.82) is 0 Å². The maximum atomic E-state index is 12.5. The summed E-state index contributed by atoms with van der Waals surface area (Å²) in [5.74, 6) is 0.708. The number of aromatic nitrogens is 1. The first-order chi connectivity index (χ1) is 9.90. The molecule has 1 aromatic carbocycles. The average molecular weight is 296 g/mol. The molecule has 6 heteroatoms. The number of nitrogens with zero attached hydrogens (tertiary/aromatic N) is 1. The van der Waals surface area contributed by atoms with Crippen LogP contribution in [0.1, 0.15) is 22.9 Å². The summed E-state index contributed by atoms with van der Waals surface area (Å²) in [6.07, 6.45) is -3.11. The third kappa shape index (κ3) is 3.95. The van der Waals surface area contributed by atoms with Crippen molar-refractivity contribution >= 4 is 0 Å². The number of halogens is 3. The minimum absolute atomic E-state index is 0.422. The molecule has 1 atom stereocenters. The molecule has 0 bridgehead atoms. The smallest absolute Gasteiger partial charge is 0.417 e. The quantitative estimate of drug-likeness (QED) is 0.941. The number of benzene rings is 1. The predicted octanol–water partition coefficient (Wildman–Crippen LogP) is 3.35. The molecule has 0 fully saturated rings. The first kappa shape index (κ1) is 15.3. The Kier molecular flexibility index (Phi) is 4.47. The third-order valence-electron chi connectivity index (χ3n) is 3.08. The van der Waals surface area contributed by atoms with Gasteiger partial charge in [-0.25, -0.2) is 0 Å². The van der Waals surface area contributed by atoms with Gasteiger partial charge in [-0.1, -0.05) is 12.1 Å². The van der Waals surface area contributed by atoms with E-state index < -0.39 is 17.8 Å². The molecule has 21 heavy (non-hydrogen) atoms.